The molecular formula is C21H20BrN3O6. The minimum Gasteiger partial charge on any atom is -0.493 e. The summed E-state index contributed by atoms with van der Waals surface area (Å²) in [6.07, 6.45) is 0.361. The van der Waals surface area contributed by atoms with Gasteiger partial charge in [0.25, 0.3) is 5.56 Å². The zero-order chi connectivity index (χ0) is 22.5. The smallest absolute Gasteiger partial charge is 0.349 e. The Labute approximate surface area is 185 Å². The summed E-state index contributed by atoms with van der Waals surface area (Å²) >= 11 is 3.37. The summed E-state index contributed by atoms with van der Waals surface area (Å²) in [5, 5.41) is 4.37. The van der Waals surface area contributed by atoms with Gasteiger partial charge in [-0.15, -0.1) is 4.68 Å². The van der Waals surface area contributed by atoms with E-state index in [0.717, 1.165) is 0 Å². The number of nitrogens with zero attached hydrogens (tertiary/aromatic N) is 2. The summed E-state index contributed by atoms with van der Waals surface area (Å²) in [7, 11) is 1.45. The number of carbonyl (C=O) groups excluding carboxylic acids is 1. The third-order valence-electron chi connectivity index (χ3n) is 4.28. The van der Waals surface area contributed by atoms with Crippen LogP contribution in [0, 0.1) is 0 Å². The number of fused-ring (bicyclic) bond motifs is 1. The van der Waals surface area contributed by atoms with E-state index in [1.807, 2.05) is 0 Å². The van der Waals surface area contributed by atoms with Gasteiger partial charge in [-0.05, 0) is 38.1 Å². The monoisotopic (exact) mass is 489 g/mol. The van der Waals surface area contributed by atoms with Crippen LogP contribution in [0.2, 0.25) is 0 Å². The van der Waals surface area contributed by atoms with E-state index in [0.29, 0.717) is 31.4 Å². The van der Waals surface area contributed by atoms with E-state index in [1.54, 1.807) is 50.2 Å². The number of halogens is 1. The van der Waals surface area contributed by atoms with Crippen LogP contribution in [0.3, 0.4) is 0 Å². The lowest BCUT2D eigenvalue weighted by Gasteiger charge is -2.18. The molecule has 0 aliphatic heterocycles. The number of hydrogen-bond donors (Lipinski definition) is 1. The largest absolute Gasteiger partial charge is 0.493 e. The van der Waals surface area contributed by atoms with Crippen LogP contribution in [0.1, 0.15) is 19.4 Å². The van der Waals surface area contributed by atoms with Crippen LogP contribution in [-0.2, 0) is 9.53 Å². The quantitative estimate of drug-likeness (QED) is 0.403. The number of aromatic amines is 1. The van der Waals surface area contributed by atoms with Crippen molar-refractivity contribution in [3.05, 3.63) is 67.3 Å². The lowest BCUT2D eigenvalue weighted by atomic mass is 10.2. The SMILES string of the molecule is CCOC(=O)[C@@H](C)Oc1c(C=Nn2c(=O)[nH]c3ccccc3c2=O)cc(Br)cc1OC. The average molecular weight is 490 g/mol. The van der Waals surface area contributed by atoms with E-state index in [1.165, 1.54) is 13.3 Å². The molecule has 1 aromatic heterocycles. The van der Waals surface area contributed by atoms with Crippen molar-refractivity contribution in [2.75, 3.05) is 13.7 Å². The molecule has 9 nitrogen and oxygen atoms in total. The van der Waals surface area contributed by atoms with E-state index in [4.69, 9.17) is 14.2 Å². The molecule has 162 valence electrons. The summed E-state index contributed by atoms with van der Waals surface area (Å²) in [5.41, 5.74) is -0.466. The molecule has 0 fully saturated rings. The number of ether oxygens (including phenoxy) is 3. The molecule has 0 bridgehead atoms. The molecular weight excluding hydrogens is 470 g/mol. The first-order valence-corrected chi connectivity index (χ1v) is 10.1. The molecule has 0 saturated carbocycles. The molecule has 1 N–H and O–H groups in total. The van der Waals surface area contributed by atoms with Crippen LogP contribution in [0.4, 0.5) is 0 Å². The lowest BCUT2D eigenvalue weighted by molar-refractivity contribution is -0.150. The van der Waals surface area contributed by atoms with E-state index >= 15 is 0 Å². The lowest BCUT2D eigenvalue weighted by Crippen LogP contribution is -2.32. The standard InChI is InChI=1S/C21H20BrN3O6/c1-4-30-20(27)12(2)31-18-13(9-14(22)10-17(18)29-3)11-23-25-19(26)15-7-5-6-8-16(15)24-21(25)28/h5-12H,4H2,1-3H3,(H,24,28)/t12-/m1/s1. The summed E-state index contributed by atoms with van der Waals surface area (Å²) < 4.78 is 17.5. The van der Waals surface area contributed by atoms with E-state index in [-0.39, 0.29) is 12.4 Å². The number of benzene rings is 2. The molecule has 2 aromatic carbocycles. The number of methoxy groups -OCH3 is 1. The molecule has 0 aliphatic carbocycles. The van der Waals surface area contributed by atoms with Crippen LogP contribution < -0.4 is 20.7 Å². The molecule has 1 atom stereocenters. The van der Waals surface area contributed by atoms with Gasteiger partial charge in [-0.1, -0.05) is 28.1 Å². The fourth-order valence-corrected chi connectivity index (χ4v) is 3.28. The summed E-state index contributed by atoms with van der Waals surface area (Å²) in [6, 6.07) is 9.94. The maximum Gasteiger partial charge on any atom is 0.349 e. The fraction of sp³-hybridized carbons (Fsp3) is 0.238. The molecule has 0 saturated heterocycles. The second-order valence-electron chi connectivity index (χ2n) is 6.38. The maximum atomic E-state index is 12.7. The summed E-state index contributed by atoms with van der Waals surface area (Å²) in [4.78, 5) is 39.7. The highest BCUT2D eigenvalue weighted by atomic mass is 79.9. The predicted octanol–water partition coefficient (Wildman–Crippen LogP) is 2.67. The molecule has 0 unspecified atom stereocenters. The Morgan fingerprint density at radius 2 is 2.03 bits per heavy atom. The Kier molecular flexibility index (Phi) is 6.91. The predicted molar refractivity (Wildman–Crippen MR) is 119 cm³/mol. The summed E-state index contributed by atoms with van der Waals surface area (Å²) in [5.74, 6) is -0.00966. The Hall–Kier alpha value is -3.40. The Bertz CT molecular complexity index is 1260. The van der Waals surface area contributed by atoms with Crippen molar-refractivity contribution >= 4 is 39.0 Å². The molecule has 1 heterocycles. The fourth-order valence-electron chi connectivity index (χ4n) is 2.82. The zero-order valence-corrected chi connectivity index (χ0v) is 18.6. The number of para-hydroxylation sites is 1. The van der Waals surface area contributed by atoms with Gasteiger partial charge in [0.2, 0.25) is 0 Å². The molecule has 0 spiro atoms. The number of rotatable bonds is 7. The number of hydrogen-bond acceptors (Lipinski definition) is 7. The van der Waals surface area contributed by atoms with Gasteiger partial charge in [-0.3, -0.25) is 4.79 Å². The van der Waals surface area contributed by atoms with E-state index in [9.17, 15) is 14.4 Å². The van der Waals surface area contributed by atoms with E-state index in [2.05, 4.69) is 26.0 Å². The van der Waals surface area contributed by atoms with Crippen molar-refractivity contribution < 1.29 is 19.0 Å². The van der Waals surface area contributed by atoms with Gasteiger partial charge < -0.3 is 19.2 Å². The summed E-state index contributed by atoms with van der Waals surface area (Å²) in [6.45, 7) is 3.45. The van der Waals surface area contributed by atoms with Gasteiger partial charge in [0.05, 0.1) is 30.8 Å². The highest BCUT2D eigenvalue weighted by molar-refractivity contribution is 9.10. The van der Waals surface area contributed by atoms with Crippen LogP contribution in [-0.4, -0.2) is 41.7 Å². The number of esters is 1. The number of carbonyl (C=O) groups is 1. The third-order valence-corrected chi connectivity index (χ3v) is 4.74. The van der Waals surface area contributed by atoms with Gasteiger partial charge in [-0.25, -0.2) is 9.59 Å². The van der Waals surface area contributed by atoms with Crippen molar-refractivity contribution in [2.45, 2.75) is 20.0 Å². The highest BCUT2D eigenvalue weighted by Gasteiger charge is 2.21. The zero-order valence-electron chi connectivity index (χ0n) is 17.0. The molecule has 3 rings (SSSR count). The minimum absolute atomic E-state index is 0.209. The maximum absolute atomic E-state index is 12.7. The Morgan fingerprint density at radius 1 is 1.29 bits per heavy atom. The second-order valence-corrected chi connectivity index (χ2v) is 7.29. The van der Waals surface area contributed by atoms with Crippen molar-refractivity contribution in [1.29, 1.82) is 0 Å². The van der Waals surface area contributed by atoms with Crippen LogP contribution in [0.25, 0.3) is 10.9 Å². The van der Waals surface area contributed by atoms with Crippen molar-refractivity contribution in [2.24, 2.45) is 5.10 Å². The van der Waals surface area contributed by atoms with Gasteiger partial charge in [0.1, 0.15) is 0 Å². The first kappa shape index (κ1) is 22.3. The van der Waals surface area contributed by atoms with Crippen LogP contribution in [0.15, 0.2) is 55.6 Å². The topological polar surface area (TPSA) is 112 Å². The highest BCUT2D eigenvalue weighted by Crippen LogP contribution is 2.35. The first-order chi connectivity index (χ1) is 14.8. The van der Waals surface area contributed by atoms with Crippen LogP contribution in [0.5, 0.6) is 11.5 Å². The molecule has 10 heteroatoms. The first-order valence-electron chi connectivity index (χ1n) is 9.35. The van der Waals surface area contributed by atoms with Crippen molar-refractivity contribution in [3.8, 4) is 11.5 Å². The molecule has 0 radical (unpaired) electrons. The van der Waals surface area contributed by atoms with Gasteiger partial charge in [0, 0.05) is 10.0 Å². The third kappa shape index (κ3) is 4.85. The number of nitrogens with one attached hydrogen (secondary N) is 1. The van der Waals surface area contributed by atoms with Gasteiger partial charge in [0.15, 0.2) is 17.6 Å². The van der Waals surface area contributed by atoms with Crippen LogP contribution >= 0.6 is 15.9 Å². The molecule has 3 aromatic rings. The number of aromatic nitrogens is 2. The molecule has 0 aliphatic rings. The number of H-pyrrole nitrogens is 1. The molecule has 0 amide bonds. The van der Waals surface area contributed by atoms with Gasteiger partial charge >= 0.3 is 11.7 Å². The minimum atomic E-state index is -0.922. The van der Waals surface area contributed by atoms with Crippen molar-refractivity contribution in [3.63, 3.8) is 0 Å². The normalized spacial score (nSPS) is 12.1. The van der Waals surface area contributed by atoms with Crippen molar-refractivity contribution in [1.82, 2.24) is 9.66 Å². The second kappa shape index (κ2) is 9.61. The Balaban J connectivity index is 2.07. The molecule has 31 heavy (non-hydrogen) atoms. The Morgan fingerprint density at radius 3 is 2.74 bits per heavy atom. The average Bonchev–Trinajstić information content (AvgIpc) is 2.74. The van der Waals surface area contributed by atoms with E-state index < -0.39 is 23.3 Å². The van der Waals surface area contributed by atoms with Gasteiger partial charge in [-0.2, -0.15) is 5.10 Å².